The smallest absolute Gasteiger partial charge is 0.291 e. The van der Waals surface area contributed by atoms with Gasteiger partial charge in [-0.3, -0.25) is 14.9 Å². The minimum absolute atomic E-state index is 0.0110. The minimum atomic E-state index is -3.78. The molecule has 2 bridgehead atoms. The molecule has 14 nitrogen and oxygen atoms in total. The molecule has 1 unspecified atom stereocenters. The number of amides is 1. The third-order valence-corrected chi connectivity index (χ3v) is 9.86. The molecule has 0 saturated carbocycles. The Morgan fingerprint density at radius 2 is 1.87 bits per heavy atom. The van der Waals surface area contributed by atoms with E-state index in [0.29, 0.717) is 52.3 Å². The van der Waals surface area contributed by atoms with Gasteiger partial charge >= 0.3 is 0 Å². The summed E-state index contributed by atoms with van der Waals surface area (Å²) in [5.41, 5.74) is 10.5. The lowest BCUT2D eigenvalue weighted by molar-refractivity contribution is 0.0556. The van der Waals surface area contributed by atoms with Crippen LogP contribution in [0.5, 0.6) is 5.75 Å². The lowest BCUT2D eigenvalue weighted by Gasteiger charge is -2.38. The topological polar surface area (TPSA) is 198 Å². The zero-order valence-corrected chi connectivity index (χ0v) is 25.2. The normalized spacial score (nSPS) is 19.5. The van der Waals surface area contributed by atoms with Crippen LogP contribution in [-0.2, 0) is 9.84 Å². The minimum Gasteiger partial charge on any atom is -0.495 e. The number of ether oxygens (including phenoxy) is 1. The summed E-state index contributed by atoms with van der Waals surface area (Å²) in [5, 5.41) is 20.3. The summed E-state index contributed by atoms with van der Waals surface area (Å²) in [5.74, 6) is 0.204. The number of pyridine rings is 1. The van der Waals surface area contributed by atoms with Crippen LogP contribution in [-0.4, -0.2) is 79.4 Å². The van der Waals surface area contributed by atoms with Crippen LogP contribution in [0.4, 0.5) is 5.82 Å². The Bertz CT molecular complexity index is 2090. The Morgan fingerprint density at radius 3 is 2.49 bits per heavy atom. The summed E-state index contributed by atoms with van der Waals surface area (Å²) >= 11 is 0. The highest BCUT2D eigenvalue weighted by Crippen LogP contribution is 2.45. The Kier molecular flexibility index (Phi) is 6.73. The van der Waals surface area contributed by atoms with Crippen molar-refractivity contribution in [2.24, 2.45) is 0 Å². The van der Waals surface area contributed by atoms with Gasteiger partial charge in [-0.1, -0.05) is 6.07 Å². The number of aromatic nitrogens is 7. The van der Waals surface area contributed by atoms with Gasteiger partial charge in [-0.25, -0.2) is 18.4 Å². The van der Waals surface area contributed by atoms with Gasteiger partial charge in [0.25, 0.3) is 5.91 Å². The number of aromatic amines is 1. The van der Waals surface area contributed by atoms with Gasteiger partial charge < -0.3 is 15.4 Å². The van der Waals surface area contributed by atoms with Gasteiger partial charge in [-0.2, -0.15) is 20.0 Å². The fourth-order valence-electron chi connectivity index (χ4n) is 6.72. The molecule has 1 aromatic carbocycles. The van der Waals surface area contributed by atoms with Gasteiger partial charge in [-0.05, 0) is 49.9 Å². The molecule has 2 aliphatic heterocycles. The first-order valence-corrected chi connectivity index (χ1v) is 16.2. The number of nitrogens with two attached hydrogens (primary N) is 1. The maximum atomic E-state index is 13.2. The average molecular weight is 625 g/mol. The third-order valence-electron chi connectivity index (χ3n) is 8.70. The molecule has 4 aromatic heterocycles. The van der Waals surface area contributed by atoms with E-state index in [0.717, 1.165) is 24.7 Å². The van der Waals surface area contributed by atoms with E-state index in [4.69, 9.17) is 15.5 Å². The molecule has 2 fully saturated rings. The number of carbonyl (C=O) groups is 1. The molecular weight excluding hydrogens is 596 g/mol. The molecule has 228 valence electrons. The Labute approximate surface area is 257 Å². The molecule has 1 amide bonds. The Morgan fingerprint density at radius 1 is 1.11 bits per heavy atom. The number of piperidine rings is 1. The third kappa shape index (κ3) is 4.74. The highest BCUT2D eigenvalue weighted by molar-refractivity contribution is 7.91. The van der Waals surface area contributed by atoms with Crippen LogP contribution in [0, 0.1) is 11.3 Å². The highest BCUT2D eigenvalue weighted by Gasteiger charge is 2.46. The fraction of sp³-hybridized carbons (Fsp3) is 0.300. The van der Waals surface area contributed by atoms with E-state index < -0.39 is 9.84 Å². The second kappa shape index (κ2) is 10.7. The van der Waals surface area contributed by atoms with Crippen molar-refractivity contribution in [2.75, 3.05) is 19.1 Å². The van der Waals surface area contributed by atoms with Crippen LogP contribution in [0.25, 0.3) is 28.0 Å². The van der Waals surface area contributed by atoms with E-state index >= 15 is 0 Å². The van der Waals surface area contributed by atoms with Crippen molar-refractivity contribution < 1.29 is 17.9 Å². The summed E-state index contributed by atoms with van der Waals surface area (Å²) in [6, 6.07) is 10.9. The number of fused-ring (bicyclic) bond motifs is 3. The van der Waals surface area contributed by atoms with Crippen molar-refractivity contribution >= 4 is 27.2 Å². The SMILES string of the molecule is COc1ccc(-c2ccc(-c3cnn4c(N)c(S(C)(=O)=O)c(C5C[C@H]6CC[C@@H](C5)N6C(=O)c5ncn[nH]5)nc34)cn2)cc1C#N. The number of nitrogens with one attached hydrogen (secondary N) is 1. The van der Waals surface area contributed by atoms with Crippen LogP contribution < -0.4 is 10.5 Å². The predicted molar refractivity (Wildman–Crippen MR) is 162 cm³/mol. The van der Waals surface area contributed by atoms with Gasteiger partial charge in [-0.15, -0.1) is 0 Å². The Hall–Kier alpha value is -5.36. The maximum Gasteiger partial charge on any atom is 0.291 e. The van der Waals surface area contributed by atoms with E-state index in [9.17, 15) is 18.5 Å². The van der Waals surface area contributed by atoms with Crippen molar-refractivity contribution in [3.63, 3.8) is 0 Å². The fourth-order valence-corrected chi connectivity index (χ4v) is 7.78. The summed E-state index contributed by atoms with van der Waals surface area (Å²) in [7, 11) is -2.27. The molecule has 3 atom stereocenters. The standard InChI is InChI=1S/C30H28N10O4S/c1-44-24-8-4-16(9-19(24)12-31)23-7-3-17(13-33-23)22-14-36-40-27(32)26(45(2,42)43)25(37-29(22)40)18-10-20-5-6-21(11-18)39(20)30(41)28-34-15-35-38-28/h3-4,7-9,13-15,18,20-21H,5-6,10-11,32H2,1-2H3,(H,34,35,38)/t18?,20-,21+. The molecule has 6 heterocycles. The molecule has 7 rings (SSSR count). The maximum absolute atomic E-state index is 13.2. The van der Waals surface area contributed by atoms with Gasteiger partial charge in [0.05, 0.1) is 30.3 Å². The van der Waals surface area contributed by atoms with E-state index in [1.165, 1.54) is 18.0 Å². The number of benzene rings is 1. The van der Waals surface area contributed by atoms with Gasteiger partial charge in [0.15, 0.2) is 15.5 Å². The van der Waals surface area contributed by atoms with E-state index in [2.05, 4.69) is 31.3 Å². The number of methoxy groups -OCH3 is 1. The number of hydrogen-bond donors (Lipinski definition) is 2. The number of sulfone groups is 1. The van der Waals surface area contributed by atoms with Crippen LogP contribution in [0.3, 0.4) is 0 Å². The number of nitriles is 1. The van der Waals surface area contributed by atoms with Crippen LogP contribution in [0.1, 0.15) is 53.5 Å². The summed E-state index contributed by atoms with van der Waals surface area (Å²) in [6.07, 6.45) is 8.36. The zero-order valence-electron chi connectivity index (χ0n) is 24.4. The van der Waals surface area contributed by atoms with Crippen molar-refractivity contribution in [3.05, 3.63) is 66.1 Å². The first-order chi connectivity index (χ1) is 21.7. The van der Waals surface area contributed by atoms with Crippen molar-refractivity contribution in [2.45, 2.75) is 48.6 Å². The summed E-state index contributed by atoms with van der Waals surface area (Å²) in [4.78, 5) is 28.6. The number of nitrogens with zero attached hydrogens (tertiary/aromatic N) is 8. The van der Waals surface area contributed by atoms with Crippen LogP contribution in [0.15, 0.2) is 53.9 Å². The van der Waals surface area contributed by atoms with Gasteiger partial charge in [0.1, 0.15) is 28.9 Å². The lowest BCUT2D eigenvalue weighted by atomic mass is 9.87. The van der Waals surface area contributed by atoms with Crippen molar-refractivity contribution in [1.29, 1.82) is 5.26 Å². The molecular formula is C30H28N10O4S. The van der Waals surface area contributed by atoms with Crippen molar-refractivity contribution in [1.82, 2.24) is 39.7 Å². The van der Waals surface area contributed by atoms with E-state index in [-0.39, 0.29) is 40.4 Å². The molecule has 45 heavy (non-hydrogen) atoms. The number of H-pyrrole nitrogens is 1. The second-order valence-corrected chi connectivity index (χ2v) is 13.3. The number of rotatable bonds is 6. The molecule has 5 aromatic rings. The largest absolute Gasteiger partial charge is 0.495 e. The first-order valence-electron chi connectivity index (χ1n) is 14.3. The molecule has 0 aliphatic carbocycles. The molecule has 0 radical (unpaired) electrons. The summed E-state index contributed by atoms with van der Waals surface area (Å²) in [6.45, 7) is 0. The Balaban J connectivity index is 1.26. The monoisotopic (exact) mass is 624 g/mol. The second-order valence-electron chi connectivity index (χ2n) is 11.3. The zero-order chi connectivity index (χ0) is 31.5. The quantitative estimate of drug-likeness (QED) is 0.281. The van der Waals surface area contributed by atoms with Crippen LogP contribution >= 0.6 is 0 Å². The average Bonchev–Trinajstić information content (AvgIpc) is 3.78. The predicted octanol–water partition coefficient (Wildman–Crippen LogP) is 2.99. The number of hydrogen-bond acceptors (Lipinski definition) is 11. The molecule has 15 heteroatoms. The van der Waals surface area contributed by atoms with Crippen LogP contribution in [0.2, 0.25) is 0 Å². The number of carbonyl (C=O) groups excluding carboxylic acids is 1. The molecule has 2 aliphatic rings. The van der Waals surface area contributed by atoms with E-state index in [1.807, 2.05) is 23.1 Å². The molecule has 2 saturated heterocycles. The molecule has 0 spiro atoms. The lowest BCUT2D eigenvalue weighted by Crippen LogP contribution is -2.46. The van der Waals surface area contributed by atoms with Gasteiger partial charge in [0, 0.05) is 47.1 Å². The number of anilines is 1. The van der Waals surface area contributed by atoms with Crippen molar-refractivity contribution in [3.8, 4) is 34.2 Å². The highest BCUT2D eigenvalue weighted by atomic mass is 32.2. The van der Waals surface area contributed by atoms with E-state index in [1.54, 1.807) is 24.5 Å². The first kappa shape index (κ1) is 28.4. The van der Waals surface area contributed by atoms with Gasteiger partial charge in [0.2, 0.25) is 5.82 Å². The number of nitrogen functional groups attached to an aromatic ring is 1. The molecule has 3 N–H and O–H groups in total. The summed E-state index contributed by atoms with van der Waals surface area (Å²) < 4.78 is 32.8.